The van der Waals surface area contributed by atoms with E-state index < -0.39 is 5.41 Å². The van der Waals surface area contributed by atoms with Crippen LogP contribution in [0, 0.1) is 0 Å². The predicted octanol–water partition coefficient (Wildman–Crippen LogP) is 5.53. The van der Waals surface area contributed by atoms with E-state index in [1.165, 1.54) is 7.11 Å². The van der Waals surface area contributed by atoms with Crippen LogP contribution in [0.1, 0.15) is 31.0 Å². The SMILES string of the molecule is C=C(C)c1cncc(Nc2c(-c3ccc(-c4ccc(C5(C(=O)OC)CC5)cc4)cc3)cnn2C)n1. The first kappa shape index (κ1) is 22.5. The summed E-state index contributed by atoms with van der Waals surface area (Å²) in [6, 6.07) is 16.6. The van der Waals surface area contributed by atoms with E-state index in [1.54, 1.807) is 17.1 Å². The second-order valence-corrected chi connectivity index (χ2v) is 8.95. The highest BCUT2D eigenvalue weighted by molar-refractivity contribution is 5.87. The van der Waals surface area contributed by atoms with Crippen LogP contribution >= 0.6 is 0 Å². The van der Waals surface area contributed by atoms with E-state index >= 15 is 0 Å². The summed E-state index contributed by atoms with van der Waals surface area (Å²) < 4.78 is 6.79. The Morgan fingerprint density at radius 1 is 1.00 bits per heavy atom. The number of nitrogens with one attached hydrogen (secondary N) is 1. The van der Waals surface area contributed by atoms with Crippen LogP contribution in [0.15, 0.2) is 73.7 Å². The van der Waals surface area contributed by atoms with E-state index in [9.17, 15) is 4.79 Å². The zero-order valence-electron chi connectivity index (χ0n) is 20.1. The van der Waals surface area contributed by atoms with Gasteiger partial charge in [-0.1, -0.05) is 55.1 Å². The molecule has 4 aromatic rings. The standard InChI is InChI=1S/C28H27N5O2/c1-18(2)24-16-29-17-25(31-24)32-26-23(15-30-33(26)3)21-7-5-19(6-8-21)20-9-11-22(12-10-20)28(13-14-28)27(34)35-4/h5-12,15-17H,1,13-14H2,2-4H3,(H,31,32). The number of nitrogens with zero attached hydrogens (tertiary/aromatic N) is 4. The minimum absolute atomic E-state index is 0.146. The second-order valence-electron chi connectivity index (χ2n) is 8.95. The summed E-state index contributed by atoms with van der Waals surface area (Å²) >= 11 is 0. The van der Waals surface area contributed by atoms with Crippen molar-refractivity contribution >= 4 is 23.2 Å². The number of benzene rings is 2. The molecule has 1 fully saturated rings. The van der Waals surface area contributed by atoms with Gasteiger partial charge in [-0.15, -0.1) is 0 Å². The van der Waals surface area contributed by atoms with Crippen LogP contribution in [0.4, 0.5) is 11.6 Å². The maximum absolute atomic E-state index is 12.2. The van der Waals surface area contributed by atoms with E-state index in [0.717, 1.165) is 57.7 Å². The first-order chi connectivity index (χ1) is 16.9. The van der Waals surface area contributed by atoms with Crippen molar-refractivity contribution in [1.29, 1.82) is 0 Å². The highest BCUT2D eigenvalue weighted by atomic mass is 16.5. The highest BCUT2D eigenvalue weighted by Gasteiger charge is 2.52. The largest absolute Gasteiger partial charge is 0.468 e. The molecule has 7 heteroatoms. The molecule has 5 rings (SSSR count). The third-order valence-electron chi connectivity index (χ3n) is 6.55. The molecule has 0 bridgehead atoms. The van der Waals surface area contributed by atoms with Gasteiger partial charge >= 0.3 is 5.97 Å². The lowest BCUT2D eigenvalue weighted by molar-refractivity contribution is -0.143. The highest BCUT2D eigenvalue weighted by Crippen LogP contribution is 2.49. The second kappa shape index (κ2) is 8.83. The zero-order chi connectivity index (χ0) is 24.6. The lowest BCUT2D eigenvalue weighted by atomic mass is 9.93. The maximum atomic E-state index is 12.2. The minimum atomic E-state index is -0.449. The summed E-state index contributed by atoms with van der Waals surface area (Å²) in [6.45, 7) is 5.85. The number of carbonyl (C=O) groups excluding carboxylic acids is 1. The Hall–Kier alpha value is -4.26. The van der Waals surface area contributed by atoms with Crippen LogP contribution in [-0.4, -0.2) is 32.8 Å². The minimum Gasteiger partial charge on any atom is -0.468 e. The van der Waals surface area contributed by atoms with E-state index in [4.69, 9.17) is 4.74 Å². The molecule has 0 unspecified atom stereocenters. The predicted molar refractivity (Wildman–Crippen MR) is 137 cm³/mol. The molecule has 1 N–H and O–H groups in total. The van der Waals surface area contributed by atoms with Gasteiger partial charge in [0, 0.05) is 12.6 Å². The third-order valence-corrected chi connectivity index (χ3v) is 6.55. The Morgan fingerprint density at radius 3 is 2.23 bits per heavy atom. The Kier molecular flexibility index (Phi) is 5.68. The number of carbonyl (C=O) groups is 1. The Balaban J connectivity index is 1.38. The van der Waals surface area contributed by atoms with Gasteiger partial charge in [-0.3, -0.25) is 14.5 Å². The van der Waals surface area contributed by atoms with Crippen LogP contribution in [-0.2, 0) is 22.0 Å². The molecule has 2 heterocycles. The summed E-state index contributed by atoms with van der Waals surface area (Å²) in [5.41, 5.74) is 6.36. The summed E-state index contributed by atoms with van der Waals surface area (Å²) in [5, 5.41) is 7.79. The molecule has 0 radical (unpaired) electrons. The molecule has 0 atom stereocenters. The monoisotopic (exact) mass is 465 g/mol. The number of aromatic nitrogens is 4. The van der Waals surface area contributed by atoms with Crippen LogP contribution in [0.25, 0.3) is 27.8 Å². The maximum Gasteiger partial charge on any atom is 0.316 e. The van der Waals surface area contributed by atoms with Gasteiger partial charge in [0.05, 0.1) is 36.8 Å². The van der Waals surface area contributed by atoms with Gasteiger partial charge in [-0.05, 0) is 47.6 Å². The molecule has 2 aromatic carbocycles. The topological polar surface area (TPSA) is 81.9 Å². The van der Waals surface area contributed by atoms with Crippen LogP contribution in [0.2, 0.25) is 0 Å². The summed E-state index contributed by atoms with van der Waals surface area (Å²) in [6.07, 6.45) is 6.91. The van der Waals surface area contributed by atoms with Crippen molar-refractivity contribution in [2.45, 2.75) is 25.2 Å². The van der Waals surface area contributed by atoms with Crippen molar-refractivity contribution < 1.29 is 9.53 Å². The molecule has 35 heavy (non-hydrogen) atoms. The van der Waals surface area contributed by atoms with Gasteiger partial charge in [0.1, 0.15) is 5.82 Å². The van der Waals surface area contributed by atoms with E-state index in [-0.39, 0.29) is 5.97 Å². The molecular weight excluding hydrogens is 438 g/mol. The first-order valence-corrected chi connectivity index (χ1v) is 11.5. The lowest BCUT2D eigenvalue weighted by Crippen LogP contribution is -2.21. The number of esters is 1. The summed E-state index contributed by atoms with van der Waals surface area (Å²) in [5.74, 6) is 1.31. The number of hydrogen-bond acceptors (Lipinski definition) is 6. The number of aryl methyl sites for hydroxylation is 1. The molecule has 2 aromatic heterocycles. The molecule has 1 aliphatic carbocycles. The van der Waals surface area contributed by atoms with Gasteiger partial charge in [-0.2, -0.15) is 5.10 Å². The van der Waals surface area contributed by atoms with Crippen molar-refractivity contribution in [3.05, 3.63) is 85.0 Å². The van der Waals surface area contributed by atoms with Gasteiger partial charge in [-0.25, -0.2) is 4.98 Å². The average molecular weight is 466 g/mol. The molecule has 1 saturated carbocycles. The fourth-order valence-electron chi connectivity index (χ4n) is 4.31. The number of rotatable bonds is 7. The molecule has 0 aliphatic heterocycles. The Labute approximate surface area is 204 Å². The molecule has 7 nitrogen and oxygen atoms in total. The third kappa shape index (κ3) is 4.21. The fraction of sp³-hybridized carbons (Fsp3) is 0.214. The Bertz CT molecular complexity index is 1400. The van der Waals surface area contributed by atoms with Gasteiger partial charge in [0.25, 0.3) is 0 Å². The fourth-order valence-corrected chi connectivity index (χ4v) is 4.31. The first-order valence-electron chi connectivity index (χ1n) is 11.5. The van der Waals surface area contributed by atoms with Crippen molar-refractivity contribution in [1.82, 2.24) is 19.7 Å². The molecule has 176 valence electrons. The zero-order valence-corrected chi connectivity index (χ0v) is 20.1. The van der Waals surface area contributed by atoms with Crippen molar-refractivity contribution in [2.75, 3.05) is 12.4 Å². The van der Waals surface area contributed by atoms with E-state index in [1.807, 2.05) is 32.3 Å². The quantitative estimate of drug-likeness (QED) is 0.362. The van der Waals surface area contributed by atoms with Crippen molar-refractivity contribution in [2.24, 2.45) is 7.05 Å². The van der Waals surface area contributed by atoms with Crippen LogP contribution < -0.4 is 5.32 Å². The van der Waals surface area contributed by atoms with E-state index in [2.05, 4.69) is 63.4 Å². The molecular formula is C28H27N5O2. The number of ether oxygens (including phenoxy) is 1. The molecule has 0 saturated heterocycles. The van der Waals surface area contributed by atoms with Gasteiger partial charge < -0.3 is 10.1 Å². The summed E-state index contributed by atoms with van der Waals surface area (Å²) in [7, 11) is 3.34. The number of anilines is 2. The lowest BCUT2D eigenvalue weighted by Gasteiger charge is -2.14. The smallest absolute Gasteiger partial charge is 0.316 e. The van der Waals surface area contributed by atoms with Gasteiger partial charge in [0.2, 0.25) is 0 Å². The Morgan fingerprint density at radius 2 is 1.63 bits per heavy atom. The van der Waals surface area contributed by atoms with Crippen molar-refractivity contribution in [3.8, 4) is 22.3 Å². The van der Waals surface area contributed by atoms with Gasteiger partial charge in [0.15, 0.2) is 5.82 Å². The normalized spacial score (nSPS) is 13.8. The number of methoxy groups -OCH3 is 1. The number of hydrogen-bond donors (Lipinski definition) is 1. The van der Waals surface area contributed by atoms with Crippen molar-refractivity contribution in [3.63, 3.8) is 0 Å². The molecule has 1 aliphatic rings. The number of allylic oxidation sites excluding steroid dienone is 1. The van der Waals surface area contributed by atoms with Crippen LogP contribution in [0.3, 0.4) is 0 Å². The van der Waals surface area contributed by atoms with E-state index in [0.29, 0.717) is 5.82 Å². The molecule has 0 amide bonds. The van der Waals surface area contributed by atoms with Crippen LogP contribution in [0.5, 0.6) is 0 Å². The molecule has 0 spiro atoms. The summed E-state index contributed by atoms with van der Waals surface area (Å²) in [4.78, 5) is 21.0. The average Bonchev–Trinajstić information content (AvgIpc) is 3.63.